The number of ketones is 1. The summed E-state index contributed by atoms with van der Waals surface area (Å²) in [6.45, 7) is 0. The highest BCUT2D eigenvalue weighted by Gasteiger charge is 2.28. The fraction of sp³-hybridized carbons (Fsp3) is 0.222. The van der Waals surface area contributed by atoms with Gasteiger partial charge in [0.25, 0.3) is 11.6 Å². The summed E-state index contributed by atoms with van der Waals surface area (Å²) in [7, 11) is -3.76. The van der Waals surface area contributed by atoms with Gasteiger partial charge in [-0.15, -0.1) is 0 Å². The Labute approximate surface area is 219 Å². The molecule has 196 valence electrons. The number of carbonyl (C=O) groups is 2. The third-order valence-electron chi connectivity index (χ3n) is 5.97. The molecule has 0 unspecified atom stereocenters. The lowest BCUT2D eigenvalue weighted by atomic mass is 10.0. The van der Waals surface area contributed by atoms with Gasteiger partial charge in [0, 0.05) is 18.1 Å². The number of carbonyl (C=O) groups excluding carboxylic acids is 2. The van der Waals surface area contributed by atoms with E-state index in [1.807, 2.05) is 30.3 Å². The minimum atomic E-state index is -3.76. The summed E-state index contributed by atoms with van der Waals surface area (Å²) in [6, 6.07) is 21.5. The Hall–Kier alpha value is -4.38. The first-order valence-electron chi connectivity index (χ1n) is 12.0. The van der Waals surface area contributed by atoms with E-state index in [1.165, 1.54) is 12.1 Å². The second kappa shape index (κ2) is 11.8. The Morgan fingerprint density at radius 2 is 1.66 bits per heavy atom. The number of benzene rings is 3. The number of sulfone groups is 1. The van der Waals surface area contributed by atoms with Crippen LogP contribution in [0.1, 0.15) is 34.7 Å². The van der Waals surface area contributed by atoms with Gasteiger partial charge in [0.05, 0.1) is 22.5 Å². The van der Waals surface area contributed by atoms with E-state index in [2.05, 4.69) is 10.3 Å². The van der Waals surface area contributed by atoms with Gasteiger partial charge in [-0.2, -0.15) is 5.84 Å². The normalized spacial score (nSPS) is 12.2. The molecule has 1 heterocycles. The molecule has 0 radical (unpaired) electrons. The second-order valence-electron chi connectivity index (χ2n) is 8.79. The third-order valence-corrected chi connectivity index (χ3v) is 7.54. The molecule has 38 heavy (non-hydrogen) atoms. The molecule has 11 heteroatoms. The molecular weight excluding hydrogens is 508 g/mol. The van der Waals surface area contributed by atoms with Crippen LogP contribution in [0.15, 0.2) is 83.3 Å². The lowest BCUT2D eigenvalue weighted by Crippen LogP contribution is -2.42. The first-order chi connectivity index (χ1) is 18.2. The Kier molecular flexibility index (Phi) is 8.27. The molecule has 1 aromatic heterocycles. The van der Waals surface area contributed by atoms with Crippen molar-refractivity contribution in [2.45, 2.75) is 31.1 Å². The number of amides is 1. The number of hydrogen-bond acceptors (Lipinski definition) is 7. The van der Waals surface area contributed by atoms with Gasteiger partial charge >= 0.3 is 0 Å². The molecule has 0 aliphatic carbocycles. The highest BCUT2D eigenvalue weighted by Crippen LogP contribution is 2.20. The Morgan fingerprint density at radius 1 is 0.974 bits per heavy atom. The number of nitroso groups, excluding NO2 is 1. The topological polar surface area (TPSA) is 152 Å². The Balaban J connectivity index is 1.44. The molecular formula is C27H27N4O6S+. The number of nitrogens with two attached hydrogens (primary N) is 1. The maximum atomic E-state index is 13.3. The average molecular weight is 536 g/mol. The molecule has 1 atom stereocenters. The summed E-state index contributed by atoms with van der Waals surface area (Å²) in [5, 5.41) is 2.66. The molecule has 4 rings (SSSR count). The largest absolute Gasteiger partial charge is 0.434 e. The Bertz CT molecular complexity index is 1530. The molecule has 3 N–H and O–H groups in total. The van der Waals surface area contributed by atoms with Crippen molar-refractivity contribution in [1.29, 1.82) is 0 Å². The minimum Gasteiger partial charge on any atom is -0.434 e. The van der Waals surface area contributed by atoms with Gasteiger partial charge < -0.3 is 9.73 Å². The zero-order chi connectivity index (χ0) is 27.1. The lowest BCUT2D eigenvalue weighted by molar-refractivity contribution is -0.475. The van der Waals surface area contributed by atoms with Crippen LogP contribution in [-0.4, -0.2) is 41.8 Å². The van der Waals surface area contributed by atoms with Crippen LogP contribution < -0.4 is 11.2 Å². The van der Waals surface area contributed by atoms with Crippen LogP contribution in [0.25, 0.3) is 11.1 Å². The molecule has 4 aromatic rings. The van der Waals surface area contributed by atoms with Crippen LogP contribution in [0.5, 0.6) is 0 Å². The maximum absolute atomic E-state index is 13.3. The molecule has 1 amide bonds. The van der Waals surface area contributed by atoms with Gasteiger partial charge in [0.1, 0.15) is 5.52 Å². The molecule has 0 spiro atoms. The number of oxazole rings is 1. The quantitative estimate of drug-likeness (QED) is 0.121. The molecule has 0 fully saturated rings. The van der Waals surface area contributed by atoms with Crippen LogP contribution in [0, 0.1) is 4.91 Å². The highest BCUT2D eigenvalue weighted by atomic mass is 32.2. The van der Waals surface area contributed by atoms with Crippen molar-refractivity contribution >= 4 is 38.3 Å². The van der Waals surface area contributed by atoms with Crippen LogP contribution in [0.4, 0.5) is 5.69 Å². The van der Waals surface area contributed by atoms with E-state index < -0.39 is 39.1 Å². The van der Waals surface area contributed by atoms with Crippen molar-refractivity contribution in [2.24, 2.45) is 5.84 Å². The number of aromatic nitrogens is 1. The number of hydrazine groups is 1. The van der Waals surface area contributed by atoms with Crippen LogP contribution in [-0.2, 0) is 26.8 Å². The summed E-state index contributed by atoms with van der Waals surface area (Å²) >= 11 is 0. The fourth-order valence-corrected chi connectivity index (χ4v) is 5.38. The fourth-order valence-electron chi connectivity index (χ4n) is 4.02. The average Bonchev–Trinajstić information content (AvgIpc) is 3.34. The van der Waals surface area contributed by atoms with Gasteiger partial charge in [0.2, 0.25) is 11.7 Å². The maximum Gasteiger partial charge on any atom is 0.295 e. The van der Waals surface area contributed by atoms with Gasteiger partial charge in [-0.05, 0) is 30.5 Å². The van der Waals surface area contributed by atoms with Crippen molar-refractivity contribution in [3.8, 4) is 0 Å². The zero-order valence-corrected chi connectivity index (χ0v) is 21.3. The number of nitrogens with one attached hydrogen (secondary N) is 1. The third kappa shape index (κ3) is 6.88. The van der Waals surface area contributed by atoms with E-state index in [9.17, 15) is 22.9 Å². The van der Waals surface area contributed by atoms with Crippen molar-refractivity contribution in [2.75, 3.05) is 5.75 Å². The highest BCUT2D eigenvalue weighted by molar-refractivity contribution is 7.90. The first-order valence-corrected chi connectivity index (χ1v) is 13.8. The summed E-state index contributed by atoms with van der Waals surface area (Å²) < 4.78 is 31.0. The van der Waals surface area contributed by atoms with Crippen LogP contribution in [0.3, 0.4) is 0 Å². The molecule has 0 saturated heterocycles. The van der Waals surface area contributed by atoms with Crippen molar-refractivity contribution in [3.63, 3.8) is 0 Å². The van der Waals surface area contributed by atoms with E-state index in [1.54, 1.807) is 36.4 Å². The van der Waals surface area contributed by atoms with Gasteiger partial charge in [0.15, 0.2) is 20.3 Å². The van der Waals surface area contributed by atoms with E-state index in [0.29, 0.717) is 17.5 Å². The number of rotatable bonds is 12. The molecule has 0 bridgehead atoms. The van der Waals surface area contributed by atoms with Crippen molar-refractivity contribution in [3.05, 3.63) is 101 Å². The summed E-state index contributed by atoms with van der Waals surface area (Å²) in [5.41, 5.74) is 2.21. The van der Waals surface area contributed by atoms with Crippen LogP contribution >= 0.6 is 0 Å². The lowest BCUT2D eigenvalue weighted by Gasteiger charge is -2.16. The van der Waals surface area contributed by atoms with E-state index in [4.69, 9.17) is 10.3 Å². The van der Waals surface area contributed by atoms with Crippen molar-refractivity contribution < 1.29 is 27.3 Å². The number of fused-ring (bicyclic) bond motifs is 1. The predicted octanol–water partition coefficient (Wildman–Crippen LogP) is 3.42. The van der Waals surface area contributed by atoms with E-state index >= 15 is 0 Å². The first kappa shape index (κ1) is 26.7. The monoisotopic (exact) mass is 535 g/mol. The number of Topliss-reactive ketones (excluding diaryl/α,β-unsaturated/α-hetero) is 1. The molecule has 10 nitrogen and oxygen atoms in total. The standard InChI is InChI=1S/C27H26N4O6S/c28-31(34)23-12-6-4-10-20(23)18-38(35,36)17-16-25(32)29-22(15-14-19-8-2-1-3-9-19)26(33)27-30-21-11-5-7-13-24(21)37-27/h1-13,22H,14-18H2,(H2-,28,29,32,34)/p+1/t22-/m0/s1. The summed E-state index contributed by atoms with van der Waals surface area (Å²) in [4.78, 5) is 42.0. The summed E-state index contributed by atoms with van der Waals surface area (Å²) in [6.07, 6.45) is 0.401. The number of hydrogen-bond donors (Lipinski definition) is 2. The number of para-hydroxylation sites is 3. The molecule has 0 aliphatic heterocycles. The summed E-state index contributed by atoms with van der Waals surface area (Å²) in [5.74, 6) is 3.10. The minimum absolute atomic E-state index is 0.0328. The van der Waals surface area contributed by atoms with Gasteiger partial charge in [-0.3, -0.25) is 9.59 Å². The van der Waals surface area contributed by atoms with Gasteiger partial charge in [-0.25, -0.2) is 13.4 Å². The van der Waals surface area contributed by atoms with Gasteiger partial charge in [-0.1, -0.05) is 60.7 Å². The SMILES string of the molecule is N[N+](=O)c1ccccc1CS(=O)(=O)CCC(=O)N[C@@H](CCc1ccccc1)C(=O)c1nc2ccccc2o1. The van der Waals surface area contributed by atoms with E-state index in [0.717, 1.165) is 5.56 Å². The molecule has 3 aromatic carbocycles. The van der Waals surface area contributed by atoms with E-state index in [-0.39, 0.29) is 34.9 Å². The second-order valence-corrected chi connectivity index (χ2v) is 11.0. The smallest absolute Gasteiger partial charge is 0.295 e. The molecule has 0 saturated carbocycles. The predicted molar refractivity (Wildman–Crippen MR) is 141 cm³/mol. The van der Waals surface area contributed by atoms with Crippen molar-refractivity contribution in [1.82, 2.24) is 10.3 Å². The number of aryl methyl sites for hydroxylation is 1. The number of nitrogens with zero attached hydrogens (tertiary/aromatic N) is 2. The Morgan fingerprint density at radius 3 is 2.39 bits per heavy atom. The zero-order valence-electron chi connectivity index (χ0n) is 20.4. The van der Waals surface area contributed by atoms with Crippen LogP contribution in [0.2, 0.25) is 0 Å². The molecule has 0 aliphatic rings.